The van der Waals surface area contributed by atoms with Crippen LogP contribution in [-0.4, -0.2) is 24.8 Å². The number of aromatic nitrogens is 1. The SMILES string of the molecule is CC(C)Oc1cc(S(=O)(=O)C2CCCC2)cc2sc(C(C)C)nc12. The molecule has 1 saturated carbocycles. The molecule has 0 amide bonds. The normalized spacial score (nSPS) is 16.6. The predicted molar refractivity (Wildman–Crippen MR) is 98.9 cm³/mol. The summed E-state index contributed by atoms with van der Waals surface area (Å²) in [5.74, 6) is 0.895. The van der Waals surface area contributed by atoms with Crippen molar-refractivity contribution in [3.05, 3.63) is 17.1 Å². The van der Waals surface area contributed by atoms with Crippen LogP contribution in [0.25, 0.3) is 10.2 Å². The van der Waals surface area contributed by atoms with Crippen LogP contribution in [0.2, 0.25) is 0 Å². The van der Waals surface area contributed by atoms with Crippen LogP contribution in [0.4, 0.5) is 0 Å². The largest absolute Gasteiger partial charge is 0.489 e. The number of sulfone groups is 1. The van der Waals surface area contributed by atoms with Crippen LogP contribution in [-0.2, 0) is 9.84 Å². The summed E-state index contributed by atoms with van der Waals surface area (Å²) in [4.78, 5) is 5.07. The first kappa shape index (κ1) is 17.7. The molecule has 1 aliphatic carbocycles. The van der Waals surface area contributed by atoms with Gasteiger partial charge in [-0.2, -0.15) is 0 Å². The molecule has 1 aliphatic rings. The van der Waals surface area contributed by atoms with E-state index in [9.17, 15) is 8.42 Å². The molecule has 1 fully saturated rings. The Morgan fingerprint density at radius 1 is 1.17 bits per heavy atom. The highest BCUT2D eigenvalue weighted by molar-refractivity contribution is 7.92. The van der Waals surface area contributed by atoms with E-state index in [1.54, 1.807) is 23.5 Å². The molecule has 0 bridgehead atoms. The van der Waals surface area contributed by atoms with Crippen LogP contribution < -0.4 is 4.74 Å². The van der Waals surface area contributed by atoms with Crippen molar-refractivity contribution >= 4 is 31.4 Å². The fraction of sp³-hybridized carbons (Fsp3) is 0.611. The minimum Gasteiger partial charge on any atom is -0.489 e. The van der Waals surface area contributed by atoms with Gasteiger partial charge in [0.25, 0.3) is 0 Å². The van der Waals surface area contributed by atoms with Crippen LogP contribution >= 0.6 is 11.3 Å². The van der Waals surface area contributed by atoms with Crippen LogP contribution in [0, 0.1) is 0 Å². The molecular formula is C18H25NO3S2. The minimum atomic E-state index is -3.30. The minimum absolute atomic E-state index is 0.0261. The number of rotatable bonds is 5. The molecular weight excluding hydrogens is 342 g/mol. The van der Waals surface area contributed by atoms with Crippen molar-refractivity contribution in [2.75, 3.05) is 0 Å². The Morgan fingerprint density at radius 2 is 1.83 bits per heavy atom. The second kappa shape index (κ2) is 6.64. The molecule has 1 aromatic heterocycles. The highest BCUT2D eigenvalue weighted by Crippen LogP contribution is 2.38. The Morgan fingerprint density at radius 3 is 2.42 bits per heavy atom. The van der Waals surface area contributed by atoms with E-state index in [-0.39, 0.29) is 11.4 Å². The molecule has 0 N–H and O–H groups in total. The maximum atomic E-state index is 13.0. The van der Waals surface area contributed by atoms with Crippen molar-refractivity contribution in [1.82, 2.24) is 4.98 Å². The fourth-order valence-electron chi connectivity index (χ4n) is 3.14. The summed E-state index contributed by atoms with van der Waals surface area (Å²) in [5.41, 5.74) is 0.780. The van der Waals surface area contributed by atoms with Crippen molar-refractivity contribution in [3.8, 4) is 5.75 Å². The summed E-state index contributed by atoms with van der Waals surface area (Å²) in [7, 11) is -3.30. The first-order valence-electron chi connectivity index (χ1n) is 8.64. The van der Waals surface area contributed by atoms with Crippen LogP contribution in [0.3, 0.4) is 0 Å². The quantitative estimate of drug-likeness (QED) is 0.752. The van der Waals surface area contributed by atoms with E-state index in [0.29, 0.717) is 16.6 Å². The molecule has 4 nitrogen and oxygen atoms in total. The fourth-order valence-corrected chi connectivity index (χ4v) is 6.13. The van der Waals surface area contributed by atoms with Gasteiger partial charge in [-0.3, -0.25) is 0 Å². The zero-order chi connectivity index (χ0) is 17.5. The number of ether oxygens (including phenoxy) is 1. The Bertz CT molecular complexity index is 831. The van der Waals surface area contributed by atoms with Crippen LogP contribution in [0.5, 0.6) is 5.75 Å². The number of hydrogen-bond acceptors (Lipinski definition) is 5. The van der Waals surface area contributed by atoms with Gasteiger partial charge in [-0.05, 0) is 32.8 Å². The summed E-state index contributed by atoms with van der Waals surface area (Å²) in [6.07, 6.45) is 3.50. The summed E-state index contributed by atoms with van der Waals surface area (Å²) < 4.78 is 32.8. The second-order valence-corrected chi connectivity index (χ2v) is 10.4. The zero-order valence-corrected chi connectivity index (χ0v) is 16.3. The summed E-state index contributed by atoms with van der Waals surface area (Å²) in [5, 5.41) is 0.758. The Hall–Kier alpha value is -1.14. The Balaban J connectivity index is 2.14. The molecule has 0 radical (unpaired) electrons. The third kappa shape index (κ3) is 3.31. The van der Waals surface area contributed by atoms with Gasteiger partial charge in [0.05, 0.1) is 26.0 Å². The third-order valence-electron chi connectivity index (χ3n) is 4.38. The number of benzene rings is 1. The monoisotopic (exact) mass is 367 g/mol. The second-order valence-electron chi connectivity index (χ2n) is 7.09. The number of nitrogens with zero attached hydrogens (tertiary/aromatic N) is 1. The molecule has 24 heavy (non-hydrogen) atoms. The zero-order valence-electron chi connectivity index (χ0n) is 14.7. The molecule has 0 atom stereocenters. The summed E-state index contributed by atoms with van der Waals surface area (Å²) in [6, 6.07) is 3.47. The lowest BCUT2D eigenvalue weighted by atomic mass is 10.2. The van der Waals surface area contributed by atoms with Crippen LogP contribution in [0.15, 0.2) is 17.0 Å². The van der Waals surface area contributed by atoms with Crippen LogP contribution in [0.1, 0.15) is 64.3 Å². The average Bonchev–Trinajstić information content (AvgIpc) is 3.16. The van der Waals surface area contributed by atoms with Crippen molar-refractivity contribution in [2.45, 2.75) is 75.5 Å². The van der Waals surface area contributed by atoms with E-state index in [1.165, 1.54) is 0 Å². The van der Waals surface area contributed by atoms with Gasteiger partial charge in [-0.1, -0.05) is 26.7 Å². The van der Waals surface area contributed by atoms with Gasteiger partial charge >= 0.3 is 0 Å². The molecule has 132 valence electrons. The van der Waals surface area contributed by atoms with Gasteiger partial charge in [-0.15, -0.1) is 11.3 Å². The predicted octanol–water partition coefficient (Wildman–Crippen LogP) is 4.92. The van der Waals surface area contributed by atoms with Gasteiger partial charge in [0, 0.05) is 12.0 Å². The van der Waals surface area contributed by atoms with Gasteiger partial charge < -0.3 is 4.74 Å². The first-order valence-corrected chi connectivity index (χ1v) is 11.0. The maximum Gasteiger partial charge on any atom is 0.181 e. The van der Waals surface area contributed by atoms with Gasteiger partial charge in [0.15, 0.2) is 9.84 Å². The third-order valence-corrected chi connectivity index (χ3v) is 7.92. The van der Waals surface area contributed by atoms with Gasteiger partial charge in [0.2, 0.25) is 0 Å². The molecule has 0 spiro atoms. The number of thiazole rings is 1. The molecule has 0 aliphatic heterocycles. The van der Waals surface area contributed by atoms with E-state index >= 15 is 0 Å². The number of hydrogen-bond donors (Lipinski definition) is 0. The van der Waals surface area contributed by atoms with Gasteiger partial charge in [0.1, 0.15) is 11.3 Å². The molecule has 1 heterocycles. The van der Waals surface area contributed by atoms with Crippen molar-refractivity contribution < 1.29 is 13.2 Å². The van der Waals surface area contributed by atoms with E-state index in [1.807, 2.05) is 13.8 Å². The molecule has 0 unspecified atom stereocenters. The van der Waals surface area contributed by atoms with E-state index < -0.39 is 9.84 Å². The van der Waals surface area contributed by atoms with Crippen molar-refractivity contribution in [3.63, 3.8) is 0 Å². The molecule has 6 heteroatoms. The van der Waals surface area contributed by atoms with E-state index in [4.69, 9.17) is 4.74 Å². The van der Waals surface area contributed by atoms with E-state index in [2.05, 4.69) is 18.8 Å². The lowest BCUT2D eigenvalue weighted by Gasteiger charge is -2.15. The highest BCUT2D eigenvalue weighted by Gasteiger charge is 2.31. The Kier molecular flexibility index (Phi) is 4.89. The highest BCUT2D eigenvalue weighted by atomic mass is 32.2. The summed E-state index contributed by atoms with van der Waals surface area (Å²) in [6.45, 7) is 8.08. The first-order chi connectivity index (χ1) is 11.3. The van der Waals surface area contributed by atoms with Crippen molar-refractivity contribution in [2.24, 2.45) is 0 Å². The number of fused-ring (bicyclic) bond motifs is 1. The lowest BCUT2D eigenvalue weighted by molar-refractivity contribution is 0.244. The summed E-state index contributed by atoms with van der Waals surface area (Å²) >= 11 is 1.56. The average molecular weight is 368 g/mol. The smallest absolute Gasteiger partial charge is 0.181 e. The molecule has 3 rings (SSSR count). The van der Waals surface area contributed by atoms with Crippen molar-refractivity contribution in [1.29, 1.82) is 0 Å². The molecule has 1 aromatic carbocycles. The van der Waals surface area contributed by atoms with E-state index in [0.717, 1.165) is 40.9 Å². The lowest BCUT2D eigenvalue weighted by Crippen LogP contribution is -2.18. The molecule has 0 saturated heterocycles. The van der Waals surface area contributed by atoms with Gasteiger partial charge in [-0.25, -0.2) is 13.4 Å². The standard InChI is InChI=1S/C18H25NO3S2/c1-11(2)18-19-17-15(22-12(3)4)9-14(10-16(17)23-18)24(20,21)13-7-5-6-8-13/h9-13H,5-8H2,1-4H3. The molecule has 2 aromatic rings. The Labute approximate surface area is 148 Å². The maximum absolute atomic E-state index is 13.0. The topological polar surface area (TPSA) is 56.3 Å².